The molecule has 0 radical (unpaired) electrons. The average Bonchev–Trinajstić information content (AvgIpc) is 2.50. The number of hydrogen-bond acceptors (Lipinski definition) is 2. The molecule has 2 N–H and O–H groups in total. The van der Waals surface area contributed by atoms with Gasteiger partial charge in [-0.2, -0.15) is 0 Å². The number of benzene rings is 1. The van der Waals surface area contributed by atoms with Gasteiger partial charge in [-0.1, -0.05) is 57.5 Å². The lowest BCUT2D eigenvalue weighted by Gasteiger charge is -2.42. The molecule has 0 aromatic heterocycles. The van der Waals surface area contributed by atoms with E-state index in [-0.39, 0.29) is 22.6 Å². The molecule has 1 saturated carbocycles. The Kier molecular flexibility index (Phi) is 6.03. The third kappa shape index (κ3) is 4.83. The predicted molar refractivity (Wildman–Crippen MR) is 96.7 cm³/mol. The van der Waals surface area contributed by atoms with Crippen LogP contribution in [0.3, 0.4) is 0 Å². The second-order valence-corrected chi connectivity index (χ2v) is 7.89. The molecule has 2 rings (SSSR count). The van der Waals surface area contributed by atoms with Crippen LogP contribution in [0, 0.1) is 5.41 Å². The summed E-state index contributed by atoms with van der Waals surface area (Å²) >= 11 is 0. The zero-order valence-electron chi connectivity index (χ0n) is 15.2. The molecule has 1 aliphatic rings. The van der Waals surface area contributed by atoms with Crippen molar-refractivity contribution in [2.75, 3.05) is 13.1 Å². The molecule has 2 amide bonds. The molecule has 24 heavy (non-hydrogen) atoms. The number of nitrogens with one attached hydrogen (secondary N) is 2. The smallest absolute Gasteiger partial charge is 0.225 e. The van der Waals surface area contributed by atoms with E-state index < -0.39 is 0 Å². The van der Waals surface area contributed by atoms with Crippen LogP contribution in [0.2, 0.25) is 0 Å². The first kappa shape index (κ1) is 18.5. The van der Waals surface area contributed by atoms with Gasteiger partial charge in [0.05, 0.1) is 0 Å². The van der Waals surface area contributed by atoms with Crippen LogP contribution in [-0.2, 0) is 15.0 Å². The Morgan fingerprint density at radius 3 is 2.29 bits per heavy atom. The van der Waals surface area contributed by atoms with Crippen molar-refractivity contribution in [2.24, 2.45) is 5.41 Å². The summed E-state index contributed by atoms with van der Waals surface area (Å²) in [5.74, 6) is 0.0996. The summed E-state index contributed by atoms with van der Waals surface area (Å²) in [6, 6.07) is 10.5. The molecule has 1 aromatic carbocycles. The highest BCUT2D eigenvalue weighted by molar-refractivity contribution is 5.81. The number of carbonyl (C=O) groups is 2. The van der Waals surface area contributed by atoms with Gasteiger partial charge < -0.3 is 10.6 Å². The van der Waals surface area contributed by atoms with E-state index in [4.69, 9.17) is 0 Å². The number of carbonyl (C=O) groups excluding carboxylic acids is 2. The van der Waals surface area contributed by atoms with E-state index in [2.05, 4.69) is 34.9 Å². The van der Waals surface area contributed by atoms with Crippen molar-refractivity contribution in [3.63, 3.8) is 0 Å². The third-order valence-corrected chi connectivity index (χ3v) is 4.87. The van der Waals surface area contributed by atoms with E-state index in [9.17, 15) is 9.59 Å². The molecule has 0 unspecified atom stereocenters. The average molecular weight is 330 g/mol. The summed E-state index contributed by atoms with van der Waals surface area (Å²) < 4.78 is 0. The van der Waals surface area contributed by atoms with E-state index in [1.54, 1.807) is 0 Å². The second-order valence-electron chi connectivity index (χ2n) is 7.89. The maximum absolute atomic E-state index is 12.1. The minimum Gasteiger partial charge on any atom is -0.356 e. The summed E-state index contributed by atoms with van der Waals surface area (Å²) in [6.45, 7) is 6.92. The van der Waals surface area contributed by atoms with Crippen molar-refractivity contribution in [2.45, 2.75) is 58.3 Å². The first-order valence-corrected chi connectivity index (χ1v) is 8.94. The summed E-state index contributed by atoms with van der Waals surface area (Å²) in [5.41, 5.74) is 1.07. The van der Waals surface area contributed by atoms with E-state index in [0.717, 1.165) is 12.8 Å². The Labute approximate surface area is 145 Å². The molecule has 132 valence electrons. The van der Waals surface area contributed by atoms with Gasteiger partial charge in [-0.3, -0.25) is 9.59 Å². The molecule has 1 fully saturated rings. The first-order chi connectivity index (χ1) is 11.3. The van der Waals surface area contributed by atoms with Gasteiger partial charge >= 0.3 is 0 Å². The van der Waals surface area contributed by atoms with Gasteiger partial charge in [-0.05, 0) is 24.8 Å². The van der Waals surface area contributed by atoms with Crippen LogP contribution < -0.4 is 10.6 Å². The van der Waals surface area contributed by atoms with Crippen LogP contribution in [0.15, 0.2) is 30.3 Å². The lowest BCUT2D eigenvalue weighted by Crippen LogP contribution is -2.45. The molecule has 1 aliphatic carbocycles. The third-order valence-electron chi connectivity index (χ3n) is 4.87. The zero-order chi connectivity index (χ0) is 17.6. The topological polar surface area (TPSA) is 58.2 Å². The molecule has 0 saturated heterocycles. The van der Waals surface area contributed by atoms with Crippen molar-refractivity contribution in [1.29, 1.82) is 0 Å². The summed E-state index contributed by atoms with van der Waals surface area (Å²) in [7, 11) is 0. The summed E-state index contributed by atoms with van der Waals surface area (Å²) in [4.78, 5) is 23.8. The van der Waals surface area contributed by atoms with E-state index in [1.165, 1.54) is 12.0 Å². The quantitative estimate of drug-likeness (QED) is 0.755. The van der Waals surface area contributed by atoms with Gasteiger partial charge in [0.25, 0.3) is 0 Å². The van der Waals surface area contributed by atoms with Crippen LogP contribution in [0.25, 0.3) is 0 Å². The normalized spacial score (nSPS) is 16.1. The highest BCUT2D eigenvalue weighted by atomic mass is 16.2. The van der Waals surface area contributed by atoms with E-state index in [0.29, 0.717) is 25.9 Å². The highest BCUT2D eigenvalue weighted by Gasteiger charge is 2.38. The Morgan fingerprint density at radius 2 is 1.75 bits per heavy atom. The summed E-state index contributed by atoms with van der Waals surface area (Å²) in [6.07, 6.45) is 4.63. The fraction of sp³-hybridized carbons (Fsp3) is 0.600. The minimum atomic E-state index is -0.380. The van der Waals surface area contributed by atoms with Crippen LogP contribution in [0.1, 0.15) is 58.4 Å². The van der Waals surface area contributed by atoms with Gasteiger partial charge in [0.2, 0.25) is 11.8 Å². The standard InChI is InChI=1S/C20H30N2O2/c1-19(2,3)18(24)21-14-7-11-17(23)22-15-20(12-8-13-20)16-9-5-4-6-10-16/h4-6,9-10H,7-8,11-15H2,1-3H3,(H,21,24)(H,22,23). The molecule has 4 heteroatoms. The molecule has 1 aromatic rings. The summed E-state index contributed by atoms with van der Waals surface area (Å²) in [5, 5.41) is 5.97. The second kappa shape index (κ2) is 7.82. The zero-order valence-corrected chi connectivity index (χ0v) is 15.2. The maximum Gasteiger partial charge on any atom is 0.225 e. The van der Waals surface area contributed by atoms with E-state index in [1.807, 2.05) is 26.8 Å². The number of hydrogen-bond donors (Lipinski definition) is 2. The molecule has 0 spiro atoms. The van der Waals surface area contributed by atoms with Gasteiger partial charge in [-0.25, -0.2) is 0 Å². The fourth-order valence-corrected chi connectivity index (χ4v) is 3.03. The Balaban J connectivity index is 1.71. The molecular weight excluding hydrogens is 300 g/mol. The Bertz CT molecular complexity index is 557. The molecule has 0 bridgehead atoms. The predicted octanol–water partition coefficient (Wildman–Crippen LogP) is 3.17. The maximum atomic E-state index is 12.1. The van der Waals surface area contributed by atoms with Gasteiger partial charge in [0.15, 0.2) is 0 Å². The fourth-order valence-electron chi connectivity index (χ4n) is 3.03. The lowest BCUT2D eigenvalue weighted by atomic mass is 9.64. The largest absolute Gasteiger partial charge is 0.356 e. The van der Waals surface area contributed by atoms with Gasteiger partial charge in [0, 0.05) is 30.3 Å². The Morgan fingerprint density at radius 1 is 1.08 bits per heavy atom. The van der Waals surface area contributed by atoms with Gasteiger partial charge in [-0.15, -0.1) is 0 Å². The van der Waals surface area contributed by atoms with Gasteiger partial charge in [0.1, 0.15) is 0 Å². The SMILES string of the molecule is CC(C)(C)C(=O)NCCCC(=O)NCC1(c2ccccc2)CCC1. The highest BCUT2D eigenvalue weighted by Crippen LogP contribution is 2.43. The monoisotopic (exact) mass is 330 g/mol. The molecule has 4 nitrogen and oxygen atoms in total. The minimum absolute atomic E-state index is 0.0282. The number of rotatable bonds is 7. The van der Waals surface area contributed by atoms with E-state index >= 15 is 0 Å². The van der Waals surface area contributed by atoms with Crippen LogP contribution >= 0.6 is 0 Å². The van der Waals surface area contributed by atoms with Crippen molar-refractivity contribution >= 4 is 11.8 Å². The van der Waals surface area contributed by atoms with Crippen LogP contribution in [-0.4, -0.2) is 24.9 Å². The van der Waals surface area contributed by atoms with Crippen molar-refractivity contribution in [1.82, 2.24) is 10.6 Å². The van der Waals surface area contributed by atoms with Crippen LogP contribution in [0.4, 0.5) is 0 Å². The van der Waals surface area contributed by atoms with Crippen LogP contribution in [0.5, 0.6) is 0 Å². The Hall–Kier alpha value is -1.84. The molecule has 0 heterocycles. The van der Waals surface area contributed by atoms with Crippen molar-refractivity contribution in [3.05, 3.63) is 35.9 Å². The van der Waals surface area contributed by atoms with Crippen molar-refractivity contribution < 1.29 is 9.59 Å². The molecule has 0 aliphatic heterocycles. The first-order valence-electron chi connectivity index (χ1n) is 8.94. The lowest BCUT2D eigenvalue weighted by molar-refractivity contribution is -0.128. The molecular formula is C20H30N2O2. The molecule has 0 atom stereocenters. The number of amides is 2. The van der Waals surface area contributed by atoms with Crippen molar-refractivity contribution in [3.8, 4) is 0 Å².